The normalized spacial score (nSPS) is 10.7. The van der Waals surface area contributed by atoms with E-state index in [0.29, 0.717) is 0 Å². The van der Waals surface area contributed by atoms with Gasteiger partial charge in [-0.05, 0) is 24.6 Å². The summed E-state index contributed by atoms with van der Waals surface area (Å²) in [6, 6.07) is 6.06. The zero-order valence-electron chi connectivity index (χ0n) is 8.82. The Kier molecular flexibility index (Phi) is 3.76. The summed E-state index contributed by atoms with van der Waals surface area (Å²) in [7, 11) is 0. The van der Waals surface area contributed by atoms with Crippen LogP contribution in [-0.4, -0.2) is 20.3 Å². The van der Waals surface area contributed by atoms with Gasteiger partial charge >= 0.3 is 0 Å². The molecule has 0 aliphatic rings. The van der Waals surface area contributed by atoms with Crippen LogP contribution in [0.5, 0.6) is 0 Å². The summed E-state index contributed by atoms with van der Waals surface area (Å²) in [6.45, 7) is 2.06. The van der Waals surface area contributed by atoms with Crippen molar-refractivity contribution in [1.29, 1.82) is 0 Å². The Labute approximate surface area is 111 Å². The van der Waals surface area contributed by atoms with Crippen molar-refractivity contribution in [3.63, 3.8) is 0 Å². The Morgan fingerprint density at radius 2 is 2.19 bits per heavy atom. The number of aryl methyl sites for hydroxylation is 1. The molecule has 0 atom stereocenters. The van der Waals surface area contributed by atoms with Crippen molar-refractivity contribution < 1.29 is 0 Å². The first-order valence-corrected chi connectivity index (χ1v) is 6.86. The van der Waals surface area contributed by atoms with Gasteiger partial charge in [-0.2, -0.15) is 0 Å². The van der Waals surface area contributed by atoms with Crippen molar-refractivity contribution in [2.75, 3.05) is 5.33 Å². The van der Waals surface area contributed by atoms with Crippen molar-refractivity contribution in [2.45, 2.75) is 13.3 Å². The molecule has 0 amide bonds. The molecule has 1 aromatic heterocycles. The molecule has 0 bridgehead atoms. The highest BCUT2D eigenvalue weighted by Crippen LogP contribution is 2.22. The molecule has 2 rings (SSSR count). The second-order valence-electron chi connectivity index (χ2n) is 3.48. The predicted molar refractivity (Wildman–Crippen MR) is 71.3 cm³/mol. The minimum Gasteiger partial charge on any atom is -0.220 e. The standard InChI is InChI=1S/C11H11Br2N3/c1-8-10(13)3-2-4-11(8)16-7-9(5-6-12)14-15-16/h2-4,7H,5-6H2,1H3. The Hall–Kier alpha value is -0.680. The molecule has 0 spiro atoms. The summed E-state index contributed by atoms with van der Waals surface area (Å²) in [4.78, 5) is 0. The number of benzene rings is 1. The molecule has 2 aromatic rings. The molecule has 0 unspecified atom stereocenters. The Balaban J connectivity index is 2.39. The smallest absolute Gasteiger partial charge is 0.0840 e. The molecule has 3 nitrogen and oxygen atoms in total. The largest absolute Gasteiger partial charge is 0.220 e. The molecule has 0 saturated heterocycles. The molecule has 0 aliphatic carbocycles. The lowest BCUT2D eigenvalue weighted by atomic mass is 10.2. The van der Waals surface area contributed by atoms with Crippen LogP contribution in [0.3, 0.4) is 0 Å². The van der Waals surface area contributed by atoms with Crippen LogP contribution in [0, 0.1) is 6.92 Å². The van der Waals surface area contributed by atoms with Crippen LogP contribution in [0.4, 0.5) is 0 Å². The molecule has 1 heterocycles. The molecular weight excluding hydrogens is 334 g/mol. The number of rotatable bonds is 3. The number of alkyl halides is 1. The van der Waals surface area contributed by atoms with E-state index in [4.69, 9.17) is 0 Å². The minimum absolute atomic E-state index is 0.896. The van der Waals surface area contributed by atoms with Crippen molar-refractivity contribution in [2.24, 2.45) is 0 Å². The average molecular weight is 345 g/mol. The first-order valence-electron chi connectivity index (χ1n) is 4.95. The summed E-state index contributed by atoms with van der Waals surface area (Å²) >= 11 is 6.90. The SMILES string of the molecule is Cc1c(Br)cccc1-n1cc(CCBr)nn1. The highest BCUT2D eigenvalue weighted by molar-refractivity contribution is 9.10. The highest BCUT2D eigenvalue weighted by Gasteiger charge is 2.06. The summed E-state index contributed by atoms with van der Waals surface area (Å²) in [5, 5.41) is 9.16. The van der Waals surface area contributed by atoms with E-state index < -0.39 is 0 Å². The van der Waals surface area contributed by atoms with Crippen molar-refractivity contribution in [1.82, 2.24) is 15.0 Å². The van der Waals surface area contributed by atoms with Gasteiger partial charge in [0.2, 0.25) is 0 Å². The summed E-state index contributed by atoms with van der Waals surface area (Å²) in [6.07, 6.45) is 2.86. The molecule has 1 aromatic carbocycles. The van der Waals surface area contributed by atoms with Crippen LogP contribution in [0.2, 0.25) is 0 Å². The topological polar surface area (TPSA) is 30.7 Å². The number of halogens is 2. The van der Waals surface area contributed by atoms with Crippen LogP contribution < -0.4 is 0 Å². The summed E-state index contributed by atoms with van der Waals surface area (Å²) in [5.74, 6) is 0. The van der Waals surface area contributed by atoms with E-state index in [1.807, 2.05) is 29.1 Å². The lowest BCUT2D eigenvalue weighted by molar-refractivity contribution is 0.793. The zero-order chi connectivity index (χ0) is 11.5. The van der Waals surface area contributed by atoms with E-state index in [2.05, 4.69) is 49.1 Å². The molecular formula is C11H11Br2N3. The molecule has 5 heteroatoms. The fraction of sp³-hybridized carbons (Fsp3) is 0.273. The van der Waals surface area contributed by atoms with Gasteiger partial charge in [0.1, 0.15) is 0 Å². The maximum Gasteiger partial charge on any atom is 0.0840 e. The second-order valence-corrected chi connectivity index (χ2v) is 5.12. The van der Waals surface area contributed by atoms with Crippen LogP contribution in [0.1, 0.15) is 11.3 Å². The molecule has 0 N–H and O–H groups in total. The predicted octanol–water partition coefficient (Wildman–Crippen LogP) is 3.28. The lowest BCUT2D eigenvalue weighted by Gasteiger charge is -2.05. The van der Waals surface area contributed by atoms with Gasteiger partial charge in [0.05, 0.1) is 17.6 Å². The Bertz CT molecular complexity index is 494. The molecule has 84 valence electrons. The lowest BCUT2D eigenvalue weighted by Crippen LogP contribution is -1.98. The third-order valence-electron chi connectivity index (χ3n) is 2.38. The molecule has 0 radical (unpaired) electrons. The van der Waals surface area contributed by atoms with Gasteiger partial charge in [0.25, 0.3) is 0 Å². The van der Waals surface area contributed by atoms with E-state index in [0.717, 1.165) is 33.2 Å². The third kappa shape index (κ3) is 2.35. The van der Waals surface area contributed by atoms with Crippen LogP contribution >= 0.6 is 31.9 Å². The van der Waals surface area contributed by atoms with E-state index >= 15 is 0 Å². The van der Waals surface area contributed by atoms with Crippen LogP contribution in [0.25, 0.3) is 5.69 Å². The fourth-order valence-electron chi connectivity index (χ4n) is 1.47. The monoisotopic (exact) mass is 343 g/mol. The van der Waals surface area contributed by atoms with E-state index in [9.17, 15) is 0 Å². The number of hydrogen-bond donors (Lipinski definition) is 0. The molecule has 0 aliphatic heterocycles. The fourth-order valence-corrected chi connectivity index (χ4v) is 2.23. The first kappa shape index (κ1) is 11.8. The number of hydrogen-bond acceptors (Lipinski definition) is 2. The summed E-state index contributed by atoms with van der Waals surface area (Å²) < 4.78 is 2.90. The van der Waals surface area contributed by atoms with E-state index in [1.165, 1.54) is 0 Å². The summed E-state index contributed by atoms with van der Waals surface area (Å²) in [5.41, 5.74) is 3.22. The second kappa shape index (κ2) is 5.10. The van der Waals surface area contributed by atoms with Crippen molar-refractivity contribution in [3.8, 4) is 5.69 Å². The Morgan fingerprint density at radius 3 is 2.94 bits per heavy atom. The number of aromatic nitrogens is 3. The van der Waals surface area contributed by atoms with Gasteiger partial charge in [-0.25, -0.2) is 4.68 Å². The van der Waals surface area contributed by atoms with Gasteiger partial charge in [0, 0.05) is 16.2 Å². The highest BCUT2D eigenvalue weighted by atomic mass is 79.9. The first-order chi connectivity index (χ1) is 7.72. The third-order valence-corrected chi connectivity index (χ3v) is 3.63. The van der Waals surface area contributed by atoms with Gasteiger partial charge in [-0.3, -0.25) is 0 Å². The maximum absolute atomic E-state index is 4.13. The van der Waals surface area contributed by atoms with Gasteiger partial charge in [-0.15, -0.1) is 5.10 Å². The van der Waals surface area contributed by atoms with Crippen molar-refractivity contribution in [3.05, 3.63) is 40.1 Å². The van der Waals surface area contributed by atoms with Crippen molar-refractivity contribution >= 4 is 31.9 Å². The Morgan fingerprint density at radius 1 is 1.38 bits per heavy atom. The zero-order valence-corrected chi connectivity index (χ0v) is 12.0. The van der Waals surface area contributed by atoms with E-state index in [-0.39, 0.29) is 0 Å². The van der Waals surface area contributed by atoms with Gasteiger partial charge in [0.15, 0.2) is 0 Å². The van der Waals surface area contributed by atoms with Crippen LogP contribution in [0.15, 0.2) is 28.9 Å². The molecule has 0 saturated carbocycles. The van der Waals surface area contributed by atoms with E-state index in [1.54, 1.807) is 0 Å². The molecule has 16 heavy (non-hydrogen) atoms. The average Bonchev–Trinajstić information content (AvgIpc) is 2.71. The quantitative estimate of drug-likeness (QED) is 0.800. The maximum atomic E-state index is 4.13. The van der Waals surface area contributed by atoms with Gasteiger partial charge < -0.3 is 0 Å². The molecule has 0 fully saturated rings. The van der Waals surface area contributed by atoms with Gasteiger partial charge in [-0.1, -0.05) is 43.1 Å². The van der Waals surface area contributed by atoms with Crippen LogP contribution in [-0.2, 0) is 6.42 Å². The number of nitrogens with zero attached hydrogens (tertiary/aromatic N) is 3. The minimum atomic E-state index is 0.896.